The van der Waals surface area contributed by atoms with Gasteiger partial charge >= 0.3 is 0 Å². The predicted octanol–water partition coefficient (Wildman–Crippen LogP) is 3.18. The summed E-state index contributed by atoms with van der Waals surface area (Å²) >= 11 is 1.55. The zero-order chi connectivity index (χ0) is 19.2. The second-order valence-corrected chi connectivity index (χ2v) is 9.07. The third-order valence-electron chi connectivity index (χ3n) is 5.74. The third-order valence-corrected chi connectivity index (χ3v) is 6.72. The van der Waals surface area contributed by atoms with Crippen LogP contribution in [0.5, 0.6) is 0 Å². The Hall–Kier alpha value is -1.76. The molecule has 0 spiro atoms. The summed E-state index contributed by atoms with van der Waals surface area (Å²) in [6, 6.07) is 10.9. The lowest BCUT2D eigenvalue weighted by atomic mass is 10.0. The van der Waals surface area contributed by atoms with E-state index in [-0.39, 0.29) is 11.9 Å². The van der Waals surface area contributed by atoms with Crippen LogP contribution >= 0.6 is 11.3 Å². The molecule has 2 aromatic rings. The molecular weight excluding hydrogens is 368 g/mol. The number of hydrogen-bond donors (Lipinski definition) is 1. The molecule has 0 radical (unpaired) electrons. The molecule has 2 saturated heterocycles. The summed E-state index contributed by atoms with van der Waals surface area (Å²) in [5.41, 5.74) is 1.38. The van der Waals surface area contributed by atoms with Crippen molar-refractivity contribution in [1.82, 2.24) is 20.1 Å². The summed E-state index contributed by atoms with van der Waals surface area (Å²) < 4.78 is 0. The van der Waals surface area contributed by atoms with Gasteiger partial charge in [0.2, 0.25) is 0 Å². The van der Waals surface area contributed by atoms with Crippen LogP contribution in [0.25, 0.3) is 0 Å². The summed E-state index contributed by atoms with van der Waals surface area (Å²) in [5.74, 6) is 0.0417. The van der Waals surface area contributed by atoms with Gasteiger partial charge in [-0.15, -0.1) is 11.3 Å². The van der Waals surface area contributed by atoms with Crippen molar-refractivity contribution in [2.75, 3.05) is 32.7 Å². The molecule has 3 heterocycles. The summed E-state index contributed by atoms with van der Waals surface area (Å²) in [6.07, 6.45) is 7.58. The lowest BCUT2D eigenvalue weighted by Gasteiger charge is -2.33. The number of benzene rings is 1. The smallest absolute Gasteiger partial charge is 0.263 e. The maximum absolute atomic E-state index is 12.7. The molecule has 2 aliphatic heterocycles. The van der Waals surface area contributed by atoms with Crippen LogP contribution < -0.4 is 5.32 Å². The molecular formula is C22H30N4OS. The standard InChI is InChI=1S/C22H30N4OS/c27-22(20-15-23-21(28-20)17-25-11-4-5-12-25)24-19-9-6-13-26(16-19)14-10-18-7-2-1-3-8-18/h1-3,7-8,15,19H,4-6,9-14,16-17H2,(H,24,27)/t19-/m0/s1. The third kappa shape index (κ3) is 5.40. The Morgan fingerprint density at radius 3 is 2.71 bits per heavy atom. The summed E-state index contributed by atoms with van der Waals surface area (Å²) in [7, 11) is 0. The fourth-order valence-electron chi connectivity index (χ4n) is 4.19. The van der Waals surface area contributed by atoms with Gasteiger partial charge in [0.25, 0.3) is 5.91 Å². The van der Waals surface area contributed by atoms with E-state index in [4.69, 9.17) is 0 Å². The Labute approximate surface area is 171 Å². The van der Waals surface area contributed by atoms with Crippen molar-refractivity contribution < 1.29 is 4.79 Å². The topological polar surface area (TPSA) is 48.5 Å². The van der Waals surface area contributed by atoms with Gasteiger partial charge in [-0.2, -0.15) is 0 Å². The first-order valence-corrected chi connectivity index (χ1v) is 11.3. The largest absolute Gasteiger partial charge is 0.347 e. The minimum absolute atomic E-state index is 0.0417. The van der Waals surface area contributed by atoms with E-state index in [1.807, 2.05) is 0 Å². The summed E-state index contributed by atoms with van der Waals surface area (Å²) in [5, 5.41) is 4.30. The number of hydrogen-bond acceptors (Lipinski definition) is 5. The number of thiazole rings is 1. The van der Waals surface area contributed by atoms with E-state index in [9.17, 15) is 4.79 Å². The number of likely N-dealkylation sites (tertiary alicyclic amines) is 2. The van der Waals surface area contributed by atoms with Crippen LogP contribution in [-0.2, 0) is 13.0 Å². The summed E-state index contributed by atoms with van der Waals surface area (Å²) in [6.45, 7) is 6.31. The highest BCUT2D eigenvalue weighted by Crippen LogP contribution is 2.19. The normalized spacial score (nSPS) is 21.1. The van der Waals surface area contributed by atoms with Crippen LogP contribution in [0.2, 0.25) is 0 Å². The highest BCUT2D eigenvalue weighted by Gasteiger charge is 2.23. The number of piperidine rings is 1. The van der Waals surface area contributed by atoms with Crippen LogP contribution in [0.1, 0.15) is 45.9 Å². The van der Waals surface area contributed by atoms with Crippen LogP contribution in [0.4, 0.5) is 0 Å². The Kier molecular flexibility index (Phi) is 6.73. The molecule has 0 aliphatic carbocycles. The van der Waals surface area contributed by atoms with Gasteiger partial charge in [0.15, 0.2) is 0 Å². The van der Waals surface area contributed by atoms with E-state index in [1.165, 1.54) is 18.4 Å². The molecule has 0 bridgehead atoms. The lowest BCUT2D eigenvalue weighted by molar-refractivity contribution is 0.0908. The molecule has 1 aromatic heterocycles. The Balaban J connectivity index is 1.25. The Morgan fingerprint density at radius 2 is 1.89 bits per heavy atom. The Morgan fingerprint density at radius 1 is 1.11 bits per heavy atom. The first-order chi connectivity index (χ1) is 13.8. The van der Waals surface area contributed by atoms with Crippen molar-refractivity contribution in [3.05, 3.63) is 52.0 Å². The van der Waals surface area contributed by atoms with E-state index in [1.54, 1.807) is 17.5 Å². The zero-order valence-corrected chi connectivity index (χ0v) is 17.3. The molecule has 6 heteroatoms. The number of aromatic nitrogens is 1. The van der Waals surface area contributed by atoms with E-state index >= 15 is 0 Å². The minimum Gasteiger partial charge on any atom is -0.347 e. The van der Waals surface area contributed by atoms with Gasteiger partial charge in [0.05, 0.1) is 12.7 Å². The first kappa shape index (κ1) is 19.6. The molecule has 5 nitrogen and oxygen atoms in total. The van der Waals surface area contributed by atoms with Crippen LogP contribution in [-0.4, -0.2) is 59.5 Å². The van der Waals surface area contributed by atoms with Crippen molar-refractivity contribution >= 4 is 17.2 Å². The number of amides is 1. The molecule has 4 rings (SSSR count). The number of carbonyl (C=O) groups excluding carboxylic acids is 1. The lowest BCUT2D eigenvalue weighted by Crippen LogP contribution is -2.48. The molecule has 2 aliphatic rings. The monoisotopic (exact) mass is 398 g/mol. The van der Waals surface area contributed by atoms with E-state index in [0.717, 1.165) is 68.4 Å². The van der Waals surface area contributed by atoms with Gasteiger partial charge in [-0.1, -0.05) is 30.3 Å². The molecule has 0 unspecified atom stereocenters. The van der Waals surface area contributed by atoms with Crippen LogP contribution in [0, 0.1) is 0 Å². The van der Waals surface area contributed by atoms with E-state index < -0.39 is 0 Å². The zero-order valence-electron chi connectivity index (χ0n) is 16.5. The van der Waals surface area contributed by atoms with E-state index in [0.29, 0.717) is 0 Å². The molecule has 1 aromatic carbocycles. The van der Waals surface area contributed by atoms with Crippen molar-refractivity contribution in [1.29, 1.82) is 0 Å². The number of rotatable bonds is 7. The van der Waals surface area contributed by atoms with Gasteiger partial charge in [-0.05, 0) is 57.3 Å². The maximum Gasteiger partial charge on any atom is 0.263 e. The van der Waals surface area contributed by atoms with Crippen molar-refractivity contribution in [2.24, 2.45) is 0 Å². The number of nitrogens with one attached hydrogen (secondary N) is 1. The van der Waals surface area contributed by atoms with Gasteiger partial charge in [-0.3, -0.25) is 9.69 Å². The SMILES string of the molecule is O=C(N[C@H]1CCCN(CCc2ccccc2)C1)c1cnc(CN2CCCC2)s1. The van der Waals surface area contributed by atoms with Gasteiger partial charge in [0, 0.05) is 19.1 Å². The average Bonchev–Trinajstić information content (AvgIpc) is 3.40. The van der Waals surface area contributed by atoms with Gasteiger partial charge in [0.1, 0.15) is 9.88 Å². The molecule has 150 valence electrons. The van der Waals surface area contributed by atoms with Crippen molar-refractivity contribution in [3.63, 3.8) is 0 Å². The number of nitrogens with zero attached hydrogens (tertiary/aromatic N) is 3. The number of carbonyl (C=O) groups is 1. The fraction of sp³-hybridized carbons (Fsp3) is 0.545. The van der Waals surface area contributed by atoms with E-state index in [2.05, 4.69) is 50.4 Å². The molecule has 1 amide bonds. The van der Waals surface area contributed by atoms with Crippen LogP contribution in [0.15, 0.2) is 36.5 Å². The minimum atomic E-state index is 0.0417. The van der Waals surface area contributed by atoms with Crippen LogP contribution in [0.3, 0.4) is 0 Å². The average molecular weight is 399 g/mol. The Bertz CT molecular complexity index is 757. The van der Waals surface area contributed by atoms with Crippen molar-refractivity contribution in [3.8, 4) is 0 Å². The summed E-state index contributed by atoms with van der Waals surface area (Å²) in [4.78, 5) is 22.8. The molecule has 2 fully saturated rings. The molecule has 0 saturated carbocycles. The maximum atomic E-state index is 12.7. The molecule has 1 atom stereocenters. The highest BCUT2D eigenvalue weighted by atomic mass is 32.1. The van der Waals surface area contributed by atoms with Crippen molar-refractivity contribution in [2.45, 2.75) is 44.7 Å². The second kappa shape index (κ2) is 9.63. The van der Waals surface area contributed by atoms with Gasteiger partial charge < -0.3 is 10.2 Å². The predicted molar refractivity (Wildman–Crippen MR) is 114 cm³/mol. The second-order valence-electron chi connectivity index (χ2n) is 7.95. The first-order valence-electron chi connectivity index (χ1n) is 10.5. The molecule has 1 N–H and O–H groups in total. The molecule has 28 heavy (non-hydrogen) atoms. The highest BCUT2D eigenvalue weighted by molar-refractivity contribution is 7.13. The van der Waals surface area contributed by atoms with Gasteiger partial charge in [-0.25, -0.2) is 4.98 Å². The fourth-order valence-corrected chi connectivity index (χ4v) is 5.05. The quantitative estimate of drug-likeness (QED) is 0.778.